The maximum absolute atomic E-state index is 13.3. The van der Waals surface area contributed by atoms with Crippen molar-refractivity contribution >= 4 is 56.4 Å². The summed E-state index contributed by atoms with van der Waals surface area (Å²) in [5, 5.41) is 18.8. The molecule has 4 N–H and O–H groups in total. The van der Waals surface area contributed by atoms with Crippen LogP contribution in [0.3, 0.4) is 0 Å². The first kappa shape index (κ1) is 14.7. The second-order valence-electron chi connectivity index (χ2n) is 2.95. The van der Waals surface area contributed by atoms with Crippen molar-refractivity contribution in [3.8, 4) is 6.07 Å². The molecule has 0 aliphatic heterocycles. The van der Waals surface area contributed by atoms with E-state index in [4.69, 9.17) is 39.6 Å². The molecule has 0 fully saturated rings. The van der Waals surface area contributed by atoms with Crippen molar-refractivity contribution in [3.05, 3.63) is 26.4 Å². The number of nitrogens with one attached hydrogen (secondary N) is 2. The number of hydrazone groups is 1. The first-order valence-corrected chi connectivity index (χ1v) is 5.84. The van der Waals surface area contributed by atoms with Crippen molar-refractivity contribution in [3.63, 3.8) is 0 Å². The number of halogens is 4. The molecule has 1 aromatic carbocycles. The second kappa shape index (κ2) is 6.00. The standard InChI is InChI=1S/C9H5BrCl2FN5/c10-6-4(1-3(11)8(13)7(6)12)17-18-5(2-14)9(15)16/h1,17H,(H3,15,16)/b18-5+. The predicted octanol–water partition coefficient (Wildman–Crippen LogP) is 3.12. The Labute approximate surface area is 120 Å². The molecule has 0 aliphatic rings. The first-order valence-electron chi connectivity index (χ1n) is 4.29. The molecule has 0 radical (unpaired) electrons. The quantitative estimate of drug-likeness (QED) is 0.256. The summed E-state index contributed by atoms with van der Waals surface area (Å²) in [7, 11) is 0. The highest BCUT2D eigenvalue weighted by molar-refractivity contribution is 9.10. The summed E-state index contributed by atoms with van der Waals surface area (Å²) in [6.45, 7) is 0. The highest BCUT2D eigenvalue weighted by atomic mass is 79.9. The van der Waals surface area contributed by atoms with Gasteiger partial charge in [0.05, 0.1) is 20.2 Å². The van der Waals surface area contributed by atoms with Crippen molar-refractivity contribution in [1.29, 1.82) is 10.7 Å². The maximum Gasteiger partial charge on any atom is 0.201 e. The van der Waals surface area contributed by atoms with Crippen molar-refractivity contribution in [2.75, 3.05) is 5.43 Å². The predicted molar refractivity (Wildman–Crippen MR) is 72.7 cm³/mol. The average Bonchev–Trinajstić information content (AvgIpc) is 2.33. The number of amidine groups is 1. The summed E-state index contributed by atoms with van der Waals surface area (Å²) in [6.07, 6.45) is 0. The fourth-order valence-corrected chi connectivity index (χ4v) is 1.75. The smallest absolute Gasteiger partial charge is 0.201 e. The van der Waals surface area contributed by atoms with Gasteiger partial charge in [-0.1, -0.05) is 23.2 Å². The van der Waals surface area contributed by atoms with Crippen LogP contribution in [0, 0.1) is 22.6 Å². The largest absolute Gasteiger partial charge is 0.382 e. The zero-order valence-corrected chi connectivity index (χ0v) is 11.7. The van der Waals surface area contributed by atoms with Gasteiger partial charge in [-0.05, 0) is 22.0 Å². The lowest BCUT2D eigenvalue weighted by molar-refractivity contribution is 0.628. The molecule has 0 aliphatic carbocycles. The third-order valence-electron chi connectivity index (χ3n) is 1.75. The van der Waals surface area contributed by atoms with Crippen LogP contribution in [0.5, 0.6) is 0 Å². The van der Waals surface area contributed by atoms with E-state index < -0.39 is 11.7 Å². The van der Waals surface area contributed by atoms with Crippen LogP contribution >= 0.6 is 39.1 Å². The molecule has 9 heteroatoms. The average molecular weight is 353 g/mol. The summed E-state index contributed by atoms with van der Waals surface area (Å²) in [5.74, 6) is -1.27. The number of hydrogen-bond acceptors (Lipinski definition) is 4. The van der Waals surface area contributed by atoms with Crippen LogP contribution in [0.4, 0.5) is 10.1 Å². The summed E-state index contributed by atoms with van der Waals surface area (Å²) >= 11 is 14.3. The monoisotopic (exact) mass is 351 g/mol. The Morgan fingerprint density at radius 1 is 1.61 bits per heavy atom. The van der Waals surface area contributed by atoms with Crippen molar-refractivity contribution < 1.29 is 4.39 Å². The number of anilines is 1. The molecular weight excluding hydrogens is 348 g/mol. The van der Waals surface area contributed by atoms with E-state index in [9.17, 15) is 4.39 Å². The van der Waals surface area contributed by atoms with Crippen LogP contribution in [0.1, 0.15) is 0 Å². The SMILES string of the molecule is N#C/C(=N\Nc1cc(Cl)c(F)c(Cl)c1Br)C(=N)N. The molecule has 1 rings (SSSR count). The topological polar surface area (TPSA) is 98.0 Å². The number of benzene rings is 1. The summed E-state index contributed by atoms with van der Waals surface area (Å²) in [5.41, 5.74) is 7.43. The van der Waals surface area contributed by atoms with Gasteiger partial charge in [0.1, 0.15) is 6.07 Å². The van der Waals surface area contributed by atoms with Crippen LogP contribution in [-0.2, 0) is 0 Å². The van der Waals surface area contributed by atoms with Gasteiger partial charge < -0.3 is 5.73 Å². The molecule has 0 bridgehead atoms. The van der Waals surface area contributed by atoms with Crippen molar-refractivity contribution in [2.45, 2.75) is 0 Å². The van der Waals surface area contributed by atoms with E-state index in [2.05, 4.69) is 26.5 Å². The number of nitrogens with two attached hydrogens (primary N) is 1. The molecule has 0 saturated carbocycles. The number of nitrogens with zero attached hydrogens (tertiary/aromatic N) is 2. The highest BCUT2D eigenvalue weighted by Crippen LogP contribution is 2.36. The van der Waals surface area contributed by atoms with Crippen LogP contribution < -0.4 is 11.2 Å². The van der Waals surface area contributed by atoms with Crippen LogP contribution in [0.2, 0.25) is 10.0 Å². The molecule has 0 saturated heterocycles. The van der Waals surface area contributed by atoms with E-state index in [0.717, 1.165) is 0 Å². The Bertz CT molecular complexity index is 581. The number of hydrogen-bond donors (Lipinski definition) is 3. The molecule has 94 valence electrons. The van der Waals surface area contributed by atoms with Gasteiger partial charge in [-0.15, -0.1) is 0 Å². The molecule has 0 atom stereocenters. The minimum atomic E-state index is -0.771. The van der Waals surface area contributed by atoms with Gasteiger partial charge in [-0.25, -0.2) is 4.39 Å². The van der Waals surface area contributed by atoms with E-state index in [1.54, 1.807) is 6.07 Å². The molecule has 18 heavy (non-hydrogen) atoms. The van der Waals surface area contributed by atoms with Crippen molar-refractivity contribution in [1.82, 2.24) is 0 Å². The van der Waals surface area contributed by atoms with Crippen LogP contribution in [-0.4, -0.2) is 11.5 Å². The Balaban J connectivity index is 3.15. The molecule has 0 heterocycles. The van der Waals surface area contributed by atoms with Gasteiger partial charge in [0, 0.05) is 0 Å². The fraction of sp³-hybridized carbons (Fsp3) is 0. The Kier molecular flexibility index (Phi) is 4.90. The van der Waals surface area contributed by atoms with Gasteiger partial charge in [-0.3, -0.25) is 10.8 Å². The molecule has 0 unspecified atom stereocenters. The third-order valence-corrected chi connectivity index (χ3v) is 3.43. The number of nitriles is 1. The van der Waals surface area contributed by atoms with E-state index in [1.807, 2.05) is 0 Å². The zero-order valence-electron chi connectivity index (χ0n) is 8.56. The van der Waals surface area contributed by atoms with Crippen LogP contribution in [0.15, 0.2) is 15.6 Å². The molecule has 0 amide bonds. The molecule has 0 spiro atoms. The Hall–Kier alpha value is -1.36. The fourth-order valence-electron chi connectivity index (χ4n) is 0.916. The zero-order chi connectivity index (χ0) is 13.9. The molecular formula is C9H5BrCl2FN5. The van der Waals surface area contributed by atoms with Crippen molar-refractivity contribution in [2.24, 2.45) is 10.8 Å². The lowest BCUT2D eigenvalue weighted by atomic mass is 10.3. The highest BCUT2D eigenvalue weighted by Gasteiger charge is 2.14. The normalized spacial score (nSPS) is 10.9. The summed E-state index contributed by atoms with van der Waals surface area (Å²) in [6, 6.07) is 2.84. The summed E-state index contributed by atoms with van der Waals surface area (Å²) < 4.78 is 13.5. The minimum absolute atomic E-state index is 0.190. The second-order valence-corrected chi connectivity index (χ2v) is 4.52. The lowest BCUT2D eigenvalue weighted by Crippen LogP contribution is -2.21. The maximum atomic E-state index is 13.3. The van der Waals surface area contributed by atoms with Gasteiger partial charge in [0.25, 0.3) is 0 Å². The first-order chi connectivity index (χ1) is 8.38. The number of rotatable bonds is 3. The molecule has 0 aromatic heterocycles. The van der Waals surface area contributed by atoms with Gasteiger partial charge in [0.2, 0.25) is 5.71 Å². The molecule has 1 aromatic rings. The van der Waals surface area contributed by atoms with Gasteiger partial charge in [-0.2, -0.15) is 10.4 Å². The van der Waals surface area contributed by atoms with Gasteiger partial charge >= 0.3 is 0 Å². The van der Waals surface area contributed by atoms with Gasteiger partial charge in [0.15, 0.2) is 11.7 Å². The minimum Gasteiger partial charge on any atom is -0.382 e. The third kappa shape index (κ3) is 3.10. The van der Waals surface area contributed by atoms with E-state index in [-0.39, 0.29) is 25.9 Å². The van der Waals surface area contributed by atoms with E-state index >= 15 is 0 Å². The Morgan fingerprint density at radius 3 is 2.72 bits per heavy atom. The Morgan fingerprint density at radius 2 is 2.22 bits per heavy atom. The lowest BCUT2D eigenvalue weighted by Gasteiger charge is -2.08. The molecule has 5 nitrogen and oxygen atoms in total. The van der Waals surface area contributed by atoms with Crippen LogP contribution in [0.25, 0.3) is 0 Å². The van der Waals surface area contributed by atoms with E-state index in [0.29, 0.717) is 0 Å². The van der Waals surface area contributed by atoms with E-state index in [1.165, 1.54) is 6.07 Å². The summed E-state index contributed by atoms with van der Waals surface area (Å²) in [4.78, 5) is 0.